The molecule has 3 nitrogen and oxygen atoms in total. The Bertz CT molecular complexity index is 572. The molecule has 2 rings (SSSR count). The molecule has 0 saturated carbocycles. The van der Waals surface area contributed by atoms with Crippen molar-refractivity contribution in [2.75, 3.05) is 0 Å². The lowest BCUT2D eigenvalue weighted by Crippen LogP contribution is -2.03. The molecule has 0 aliphatic rings. The second-order valence-corrected chi connectivity index (χ2v) is 5.40. The van der Waals surface area contributed by atoms with Crippen LogP contribution in [0.2, 0.25) is 5.15 Å². The molecule has 0 amide bonds. The minimum Gasteiger partial charge on any atom is -0.472 e. The van der Waals surface area contributed by atoms with Crippen molar-refractivity contribution in [1.29, 1.82) is 0 Å². The van der Waals surface area contributed by atoms with E-state index in [2.05, 4.69) is 25.9 Å². The molecule has 1 aromatic carbocycles. The number of aromatic nitrogens is 2. The summed E-state index contributed by atoms with van der Waals surface area (Å²) in [5.41, 5.74) is 1.85. The lowest BCUT2D eigenvalue weighted by molar-refractivity contribution is 0.290. The first-order valence-electron chi connectivity index (χ1n) is 6.00. The van der Waals surface area contributed by atoms with Gasteiger partial charge in [-0.3, -0.25) is 0 Å². The van der Waals surface area contributed by atoms with Gasteiger partial charge in [0.05, 0.1) is 0 Å². The molecule has 0 saturated heterocycles. The summed E-state index contributed by atoms with van der Waals surface area (Å²) in [5.74, 6) is 1.25. The van der Waals surface area contributed by atoms with Crippen LogP contribution >= 0.6 is 27.5 Å². The Labute approximate surface area is 126 Å². The second-order valence-electron chi connectivity index (χ2n) is 4.13. The number of aryl methyl sites for hydroxylation is 1. The van der Waals surface area contributed by atoms with Crippen molar-refractivity contribution in [2.24, 2.45) is 0 Å². The van der Waals surface area contributed by atoms with Gasteiger partial charge in [-0.1, -0.05) is 46.6 Å². The molecule has 0 spiro atoms. The third-order valence-corrected chi connectivity index (χ3v) is 3.59. The summed E-state index contributed by atoms with van der Waals surface area (Å²) in [4.78, 5) is 8.54. The molecule has 0 radical (unpaired) electrons. The summed E-state index contributed by atoms with van der Waals surface area (Å²) in [6, 6.07) is 7.97. The second kappa shape index (κ2) is 6.35. The smallest absolute Gasteiger partial charge is 0.221 e. The van der Waals surface area contributed by atoms with Crippen LogP contribution in [0.25, 0.3) is 0 Å². The molecule has 0 unspecified atom stereocenters. The molecule has 0 N–H and O–H groups in total. The molecule has 5 heteroatoms. The zero-order chi connectivity index (χ0) is 13.8. The summed E-state index contributed by atoms with van der Waals surface area (Å²) in [5, 5.41) is 0.456. The maximum atomic E-state index is 6.06. The van der Waals surface area contributed by atoms with Gasteiger partial charge in [-0.05, 0) is 24.6 Å². The van der Waals surface area contributed by atoms with Crippen LogP contribution in [0.3, 0.4) is 0 Å². The number of halogens is 2. The van der Waals surface area contributed by atoms with Gasteiger partial charge >= 0.3 is 0 Å². The van der Waals surface area contributed by atoms with Gasteiger partial charge in [0, 0.05) is 16.5 Å². The Hall–Kier alpha value is -1.13. The van der Waals surface area contributed by atoms with E-state index < -0.39 is 0 Å². The Morgan fingerprint density at radius 3 is 2.53 bits per heavy atom. The van der Waals surface area contributed by atoms with Crippen molar-refractivity contribution in [1.82, 2.24) is 9.97 Å². The molecule has 0 aliphatic carbocycles. The third kappa shape index (κ3) is 3.67. The summed E-state index contributed by atoms with van der Waals surface area (Å²) >= 11 is 9.47. The van der Waals surface area contributed by atoms with Crippen molar-refractivity contribution in [2.45, 2.75) is 26.9 Å². The summed E-state index contributed by atoms with van der Waals surface area (Å²) < 4.78 is 6.78. The van der Waals surface area contributed by atoms with Crippen molar-refractivity contribution in [3.8, 4) is 5.88 Å². The highest BCUT2D eigenvalue weighted by Crippen LogP contribution is 2.23. The minimum absolute atomic E-state index is 0.456. The summed E-state index contributed by atoms with van der Waals surface area (Å²) in [6.45, 7) is 4.31. The van der Waals surface area contributed by atoms with E-state index >= 15 is 0 Å². The first-order valence-corrected chi connectivity index (χ1v) is 7.17. The molecule has 1 heterocycles. The first-order chi connectivity index (χ1) is 9.10. The van der Waals surface area contributed by atoms with Crippen LogP contribution in [0.5, 0.6) is 5.88 Å². The SMILES string of the molecule is CCc1nc(Cl)c(C)c(OCc2ccc(Br)cc2)n1. The molecule has 0 aliphatic heterocycles. The Morgan fingerprint density at radius 1 is 1.21 bits per heavy atom. The van der Waals surface area contributed by atoms with Gasteiger partial charge in [-0.25, -0.2) is 4.98 Å². The van der Waals surface area contributed by atoms with E-state index in [1.54, 1.807) is 0 Å². The van der Waals surface area contributed by atoms with Gasteiger partial charge in [-0.15, -0.1) is 0 Å². The fraction of sp³-hybridized carbons (Fsp3) is 0.286. The van der Waals surface area contributed by atoms with E-state index in [-0.39, 0.29) is 0 Å². The predicted molar refractivity (Wildman–Crippen MR) is 79.6 cm³/mol. The topological polar surface area (TPSA) is 35.0 Å². The monoisotopic (exact) mass is 340 g/mol. The van der Waals surface area contributed by atoms with E-state index in [1.807, 2.05) is 38.1 Å². The van der Waals surface area contributed by atoms with E-state index in [4.69, 9.17) is 16.3 Å². The van der Waals surface area contributed by atoms with Crippen LogP contribution in [-0.4, -0.2) is 9.97 Å². The molecule has 0 bridgehead atoms. The summed E-state index contributed by atoms with van der Waals surface area (Å²) in [7, 11) is 0. The maximum Gasteiger partial charge on any atom is 0.221 e. The average molecular weight is 342 g/mol. The number of hydrogen-bond acceptors (Lipinski definition) is 3. The number of rotatable bonds is 4. The van der Waals surface area contributed by atoms with Gasteiger partial charge in [0.1, 0.15) is 17.6 Å². The van der Waals surface area contributed by atoms with Crippen molar-refractivity contribution >= 4 is 27.5 Å². The first kappa shape index (κ1) is 14.3. The number of hydrogen-bond donors (Lipinski definition) is 0. The Morgan fingerprint density at radius 2 is 1.89 bits per heavy atom. The molecule has 0 atom stereocenters. The molecular weight excluding hydrogens is 328 g/mol. The molecule has 0 fully saturated rings. The van der Waals surface area contributed by atoms with Gasteiger partial charge in [0.2, 0.25) is 5.88 Å². The highest BCUT2D eigenvalue weighted by Gasteiger charge is 2.09. The van der Waals surface area contributed by atoms with E-state index in [0.29, 0.717) is 23.5 Å². The summed E-state index contributed by atoms with van der Waals surface area (Å²) in [6.07, 6.45) is 0.731. The number of ether oxygens (including phenoxy) is 1. The van der Waals surface area contributed by atoms with Gasteiger partial charge in [0.25, 0.3) is 0 Å². The third-order valence-electron chi connectivity index (χ3n) is 2.69. The molecule has 19 heavy (non-hydrogen) atoms. The lowest BCUT2D eigenvalue weighted by atomic mass is 10.2. The average Bonchev–Trinajstić information content (AvgIpc) is 2.42. The predicted octanol–water partition coefficient (Wildman–Crippen LogP) is 4.34. The fourth-order valence-corrected chi connectivity index (χ4v) is 1.99. The fourth-order valence-electron chi connectivity index (χ4n) is 1.54. The van der Waals surface area contributed by atoms with E-state index in [0.717, 1.165) is 22.0 Å². The van der Waals surface area contributed by atoms with Crippen molar-refractivity contribution < 1.29 is 4.74 Å². The normalized spacial score (nSPS) is 10.5. The van der Waals surface area contributed by atoms with E-state index in [9.17, 15) is 0 Å². The van der Waals surface area contributed by atoms with Gasteiger partial charge in [0.15, 0.2) is 0 Å². The maximum absolute atomic E-state index is 6.06. The number of nitrogens with zero attached hydrogens (tertiary/aromatic N) is 2. The van der Waals surface area contributed by atoms with Crippen LogP contribution in [-0.2, 0) is 13.0 Å². The molecule has 2 aromatic rings. The zero-order valence-electron chi connectivity index (χ0n) is 10.8. The molecular formula is C14H14BrClN2O. The largest absolute Gasteiger partial charge is 0.472 e. The molecule has 100 valence electrons. The van der Waals surface area contributed by atoms with E-state index in [1.165, 1.54) is 0 Å². The Kier molecular flexibility index (Phi) is 4.77. The van der Waals surface area contributed by atoms with Crippen LogP contribution in [0.1, 0.15) is 23.9 Å². The number of benzene rings is 1. The zero-order valence-corrected chi connectivity index (χ0v) is 13.1. The highest BCUT2D eigenvalue weighted by molar-refractivity contribution is 9.10. The minimum atomic E-state index is 0.456. The highest BCUT2D eigenvalue weighted by atomic mass is 79.9. The standard InChI is InChI=1S/C14H14BrClN2O/c1-3-12-17-13(16)9(2)14(18-12)19-8-10-4-6-11(15)7-5-10/h4-7H,3,8H2,1-2H3. The van der Waals surface area contributed by atoms with Crippen LogP contribution in [0.4, 0.5) is 0 Å². The van der Waals surface area contributed by atoms with Crippen LogP contribution in [0.15, 0.2) is 28.7 Å². The van der Waals surface area contributed by atoms with Gasteiger partial charge in [-0.2, -0.15) is 4.98 Å². The van der Waals surface area contributed by atoms with Crippen molar-refractivity contribution in [3.05, 3.63) is 50.8 Å². The van der Waals surface area contributed by atoms with Crippen LogP contribution < -0.4 is 4.74 Å². The Balaban J connectivity index is 2.14. The lowest BCUT2D eigenvalue weighted by Gasteiger charge is -2.10. The van der Waals surface area contributed by atoms with Crippen molar-refractivity contribution in [3.63, 3.8) is 0 Å². The molecule has 1 aromatic heterocycles. The van der Waals surface area contributed by atoms with Crippen LogP contribution in [0, 0.1) is 6.92 Å². The van der Waals surface area contributed by atoms with Gasteiger partial charge < -0.3 is 4.74 Å². The quantitative estimate of drug-likeness (QED) is 0.776.